The van der Waals surface area contributed by atoms with Crippen molar-refractivity contribution in [2.24, 2.45) is 7.05 Å². The monoisotopic (exact) mass is 545 g/mol. The van der Waals surface area contributed by atoms with Crippen LogP contribution in [-0.2, 0) is 33.2 Å². The number of rotatable bonds is 9. The standard InChI is InChI=1S/C15H23NO4S.C12H16N4O/c1-6-7-13(17)10-16(4)21(18,19)15-11(2)8-14(20-5)9-12(15)3;1-8(17)15(2)7-9-4-5-11-10(6-9)14-12(13)16(11)3/h8-9H,6-7,10H2,1-5H3;4-6H,7H2,1-3H3,(H2,13,14). The summed E-state index contributed by atoms with van der Waals surface area (Å²) in [7, 11) is 2.95. The first-order valence-electron chi connectivity index (χ1n) is 12.3. The lowest BCUT2D eigenvalue weighted by Gasteiger charge is -2.20. The molecule has 0 unspecified atom stereocenters. The van der Waals surface area contributed by atoms with E-state index in [1.807, 2.05) is 36.7 Å². The molecule has 2 N–H and O–H groups in total. The molecule has 1 heterocycles. The van der Waals surface area contributed by atoms with Crippen LogP contribution in [0.5, 0.6) is 5.75 Å². The molecule has 0 aliphatic heterocycles. The third-order valence-electron chi connectivity index (χ3n) is 6.20. The Labute approximate surface area is 225 Å². The second-order valence-electron chi connectivity index (χ2n) is 9.37. The largest absolute Gasteiger partial charge is 0.497 e. The van der Waals surface area contributed by atoms with Gasteiger partial charge in [-0.1, -0.05) is 13.0 Å². The molecule has 1 amide bonds. The van der Waals surface area contributed by atoms with E-state index in [4.69, 9.17) is 10.5 Å². The van der Waals surface area contributed by atoms with Gasteiger partial charge >= 0.3 is 0 Å². The van der Waals surface area contributed by atoms with Gasteiger partial charge in [0.2, 0.25) is 21.9 Å². The second kappa shape index (κ2) is 12.9. The average Bonchev–Trinajstić information content (AvgIpc) is 3.11. The molecule has 0 bridgehead atoms. The van der Waals surface area contributed by atoms with Gasteiger partial charge in [-0.05, 0) is 61.2 Å². The van der Waals surface area contributed by atoms with Crippen LogP contribution in [0.3, 0.4) is 0 Å². The number of carbonyl (C=O) groups excluding carboxylic acids is 2. The van der Waals surface area contributed by atoms with Gasteiger partial charge in [-0.2, -0.15) is 4.31 Å². The van der Waals surface area contributed by atoms with Crippen molar-refractivity contribution >= 4 is 38.7 Å². The zero-order valence-electron chi connectivity index (χ0n) is 23.5. The summed E-state index contributed by atoms with van der Waals surface area (Å²) in [5.74, 6) is 1.09. The number of Topliss-reactive ketones (excluding diaryl/α,β-unsaturated/α-hetero) is 1. The maximum atomic E-state index is 12.6. The van der Waals surface area contributed by atoms with Crippen LogP contribution in [0, 0.1) is 13.8 Å². The summed E-state index contributed by atoms with van der Waals surface area (Å²) in [4.78, 5) is 29.0. The van der Waals surface area contributed by atoms with E-state index in [1.165, 1.54) is 14.2 Å². The summed E-state index contributed by atoms with van der Waals surface area (Å²) in [6.45, 7) is 7.39. The molecular weight excluding hydrogens is 506 g/mol. The molecule has 0 radical (unpaired) electrons. The van der Waals surface area contributed by atoms with Crippen molar-refractivity contribution in [3.05, 3.63) is 47.0 Å². The highest BCUT2D eigenvalue weighted by atomic mass is 32.2. The van der Waals surface area contributed by atoms with Crippen molar-refractivity contribution in [1.82, 2.24) is 18.8 Å². The van der Waals surface area contributed by atoms with Gasteiger partial charge in [-0.3, -0.25) is 9.59 Å². The minimum Gasteiger partial charge on any atom is -0.497 e. The second-order valence-corrected chi connectivity index (χ2v) is 11.3. The number of carbonyl (C=O) groups is 2. The van der Waals surface area contributed by atoms with Gasteiger partial charge in [0.05, 0.1) is 29.6 Å². The van der Waals surface area contributed by atoms with E-state index in [9.17, 15) is 18.0 Å². The molecule has 0 saturated carbocycles. The molecule has 0 aliphatic carbocycles. The van der Waals surface area contributed by atoms with E-state index < -0.39 is 10.0 Å². The lowest BCUT2D eigenvalue weighted by Crippen LogP contribution is -2.33. The van der Waals surface area contributed by atoms with Crippen LogP contribution in [0.2, 0.25) is 0 Å². The number of sulfonamides is 1. The van der Waals surface area contributed by atoms with Crippen molar-refractivity contribution in [3.63, 3.8) is 0 Å². The molecule has 1 aromatic heterocycles. The number of aromatic nitrogens is 2. The average molecular weight is 546 g/mol. The topological polar surface area (TPSA) is 128 Å². The number of benzene rings is 2. The van der Waals surface area contributed by atoms with Crippen LogP contribution in [0.15, 0.2) is 35.2 Å². The van der Waals surface area contributed by atoms with Crippen LogP contribution >= 0.6 is 0 Å². The summed E-state index contributed by atoms with van der Waals surface area (Å²) >= 11 is 0. The van der Waals surface area contributed by atoms with Gasteiger partial charge in [-0.15, -0.1) is 0 Å². The first-order valence-corrected chi connectivity index (χ1v) is 13.7. The van der Waals surface area contributed by atoms with E-state index in [-0.39, 0.29) is 23.1 Å². The first kappa shape index (κ1) is 30.8. The molecule has 2 aromatic carbocycles. The maximum Gasteiger partial charge on any atom is 0.243 e. The molecule has 38 heavy (non-hydrogen) atoms. The Morgan fingerprint density at radius 3 is 2.24 bits per heavy atom. The molecule has 0 fully saturated rings. The van der Waals surface area contributed by atoms with Crippen LogP contribution in [-0.4, -0.2) is 66.6 Å². The highest BCUT2D eigenvalue weighted by molar-refractivity contribution is 7.89. The first-order chi connectivity index (χ1) is 17.7. The number of ether oxygens (including phenoxy) is 1. The quantitative estimate of drug-likeness (QED) is 0.436. The van der Waals surface area contributed by atoms with Crippen molar-refractivity contribution in [1.29, 1.82) is 0 Å². The van der Waals surface area contributed by atoms with Crippen molar-refractivity contribution < 1.29 is 22.7 Å². The van der Waals surface area contributed by atoms with Gasteiger partial charge in [0.25, 0.3) is 0 Å². The molecule has 0 saturated heterocycles. The van der Waals surface area contributed by atoms with E-state index >= 15 is 0 Å². The molecular formula is C27H39N5O5S. The molecule has 3 rings (SSSR count). The van der Waals surface area contributed by atoms with Crippen molar-refractivity contribution in [2.45, 2.75) is 52.0 Å². The molecule has 11 heteroatoms. The van der Waals surface area contributed by atoms with E-state index in [2.05, 4.69) is 4.98 Å². The Balaban J connectivity index is 0.000000272. The highest BCUT2D eigenvalue weighted by Crippen LogP contribution is 2.27. The smallest absolute Gasteiger partial charge is 0.243 e. The summed E-state index contributed by atoms with van der Waals surface area (Å²) in [6.07, 6.45) is 1.10. The van der Waals surface area contributed by atoms with Crippen LogP contribution in [0.1, 0.15) is 43.4 Å². The summed E-state index contributed by atoms with van der Waals surface area (Å²) < 4.78 is 33.4. The van der Waals surface area contributed by atoms with Crippen molar-refractivity contribution in [3.8, 4) is 5.75 Å². The number of methoxy groups -OCH3 is 1. The molecule has 0 atom stereocenters. The summed E-state index contributed by atoms with van der Waals surface area (Å²) in [6, 6.07) is 9.29. The lowest BCUT2D eigenvalue weighted by atomic mass is 10.1. The number of likely N-dealkylation sites (N-methyl/N-ethyl adjacent to an activating group) is 1. The number of nitrogens with zero attached hydrogens (tertiary/aromatic N) is 4. The minimum absolute atomic E-state index is 0.0469. The summed E-state index contributed by atoms with van der Waals surface area (Å²) in [5.41, 5.74) is 9.87. The number of anilines is 1. The van der Waals surface area contributed by atoms with Crippen LogP contribution in [0.4, 0.5) is 5.95 Å². The number of nitrogen functional groups attached to an aromatic ring is 1. The predicted octanol–water partition coefficient (Wildman–Crippen LogP) is 3.44. The van der Waals surface area contributed by atoms with Gasteiger partial charge < -0.3 is 19.9 Å². The SMILES string of the molecule is CC(=O)N(C)Cc1ccc2c(c1)nc(N)n2C.CCCC(=O)CN(C)S(=O)(=O)c1c(C)cc(OC)cc1C. The fraction of sp³-hybridized carbons (Fsp3) is 0.444. The van der Waals surface area contributed by atoms with Gasteiger partial charge in [0, 0.05) is 41.0 Å². The number of imidazole rings is 1. The van der Waals surface area contributed by atoms with E-state index in [1.54, 1.807) is 44.9 Å². The lowest BCUT2D eigenvalue weighted by molar-refractivity contribution is -0.128. The zero-order chi connectivity index (χ0) is 28.8. The van der Waals surface area contributed by atoms with E-state index in [0.29, 0.717) is 42.2 Å². The Hall–Kier alpha value is -3.44. The fourth-order valence-electron chi connectivity index (χ4n) is 4.03. The highest BCUT2D eigenvalue weighted by Gasteiger charge is 2.26. The number of nitrogens with two attached hydrogens (primary N) is 1. The predicted molar refractivity (Wildman–Crippen MR) is 149 cm³/mol. The van der Waals surface area contributed by atoms with Crippen molar-refractivity contribution in [2.75, 3.05) is 33.5 Å². The fourth-order valence-corrected chi connectivity index (χ4v) is 5.59. The minimum atomic E-state index is -3.68. The number of fused-ring (bicyclic) bond motifs is 1. The Morgan fingerprint density at radius 2 is 1.71 bits per heavy atom. The zero-order valence-corrected chi connectivity index (χ0v) is 24.3. The van der Waals surface area contributed by atoms with Gasteiger partial charge in [-0.25, -0.2) is 13.4 Å². The molecule has 3 aromatic rings. The number of ketones is 1. The Morgan fingerprint density at radius 1 is 1.11 bits per heavy atom. The molecule has 208 valence electrons. The normalized spacial score (nSPS) is 11.3. The molecule has 0 spiro atoms. The third kappa shape index (κ3) is 7.32. The maximum absolute atomic E-state index is 12.6. The third-order valence-corrected chi connectivity index (χ3v) is 8.31. The number of amides is 1. The summed E-state index contributed by atoms with van der Waals surface area (Å²) in [5, 5.41) is 0. The number of hydrogen-bond donors (Lipinski definition) is 1. The Bertz CT molecular complexity index is 1390. The number of hydrogen-bond acceptors (Lipinski definition) is 7. The molecule has 10 nitrogen and oxygen atoms in total. The van der Waals surface area contributed by atoms with Gasteiger partial charge in [0.1, 0.15) is 11.5 Å². The van der Waals surface area contributed by atoms with Crippen LogP contribution < -0.4 is 10.5 Å². The number of aryl methyl sites for hydroxylation is 3. The molecule has 0 aliphatic rings. The Kier molecular flexibility index (Phi) is 10.4. The van der Waals surface area contributed by atoms with E-state index in [0.717, 1.165) is 20.9 Å². The van der Waals surface area contributed by atoms with Crippen LogP contribution in [0.25, 0.3) is 11.0 Å². The van der Waals surface area contributed by atoms with Gasteiger partial charge in [0.15, 0.2) is 0 Å².